The summed E-state index contributed by atoms with van der Waals surface area (Å²) in [6, 6.07) is 22.3. The summed E-state index contributed by atoms with van der Waals surface area (Å²) in [5.74, 6) is 0.672. The van der Waals surface area contributed by atoms with Gasteiger partial charge in [-0.2, -0.15) is 0 Å². The van der Waals surface area contributed by atoms with Gasteiger partial charge in [0.05, 0.1) is 5.69 Å². The van der Waals surface area contributed by atoms with Crippen LogP contribution in [0.2, 0.25) is 0 Å². The number of ether oxygens (including phenoxy) is 1. The Morgan fingerprint density at radius 3 is 2.19 bits per heavy atom. The Morgan fingerprint density at radius 2 is 1.50 bits per heavy atom. The van der Waals surface area contributed by atoms with Gasteiger partial charge in [0.15, 0.2) is 0 Å². The van der Waals surface area contributed by atoms with Gasteiger partial charge in [-0.05, 0) is 55.5 Å². The van der Waals surface area contributed by atoms with E-state index in [4.69, 9.17) is 4.74 Å². The summed E-state index contributed by atoms with van der Waals surface area (Å²) >= 11 is 0. The molecule has 0 unspecified atom stereocenters. The van der Waals surface area contributed by atoms with Crippen LogP contribution in [0.25, 0.3) is 0 Å². The van der Waals surface area contributed by atoms with E-state index in [2.05, 4.69) is 10.6 Å². The molecule has 0 saturated carbocycles. The SMILES string of the molecule is C[C@H](Nc1ccc(Oc2ccccc2)cc1)C(=O)Nc1ccccc1F. The first-order valence-corrected chi connectivity index (χ1v) is 8.27. The van der Waals surface area contributed by atoms with E-state index in [1.54, 1.807) is 19.1 Å². The standard InChI is InChI=1S/C21H19FN2O2/c1-15(21(25)24-20-10-6-5-9-19(20)22)23-16-11-13-18(14-12-16)26-17-7-3-2-4-8-17/h2-15,23H,1H3,(H,24,25)/t15-/m0/s1. The molecule has 0 fully saturated rings. The quantitative estimate of drug-likeness (QED) is 0.653. The molecule has 0 spiro atoms. The average Bonchev–Trinajstić information content (AvgIpc) is 2.66. The summed E-state index contributed by atoms with van der Waals surface area (Å²) in [5.41, 5.74) is 0.930. The van der Waals surface area contributed by atoms with Gasteiger partial charge in [0.1, 0.15) is 23.4 Å². The summed E-state index contributed by atoms with van der Waals surface area (Å²) in [7, 11) is 0. The number of amides is 1. The zero-order chi connectivity index (χ0) is 18.4. The molecule has 5 heteroatoms. The second-order valence-corrected chi connectivity index (χ2v) is 5.77. The lowest BCUT2D eigenvalue weighted by Crippen LogP contribution is -2.32. The van der Waals surface area contributed by atoms with Crippen molar-refractivity contribution in [2.75, 3.05) is 10.6 Å². The molecule has 4 nitrogen and oxygen atoms in total. The minimum atomic E-state index is -0.532. The third-order valence-electron chi connectivity index (χ3n) is 3.74. The molecular weight excluding hydrogens is 331 g/mol. The Balaban J connectivity index is 1.58. The van der Waals surface area contributed by atoms with Crippen molar-refractivity contribution in [1.82, 2.24) is 0 Å². The van der Waals surface area contributed by atoms with Crippen LogP contribution in [-0.4, -0.2) is 11.9 Å². The number of carbonyl (C=O) groups is 1. The van der Waals surface area contributed by atoms with Crippen molar-refractivity contribution in [2.24, 2.45) is 0 Å². The minimum absolute atomic E-state index is 0.165. The zero-order valence-corrected chi connectivity index (χ0v) is 14.3. The maximum absolute atomic E-state index is 13.6. The predicted molar refractivity (Wildman–Crippen MR) is 101 cm³/mol. The molecule has 2 N–H and O–H groups in total. The average molecular weight is 350 g/mol. The highest BCUT2D eigenvalue weighted by molar-refractivity contribution is 5.96. The highest BCUT2D eigenvalue weighted by Crippen LogP contribution is 2.23. The van der Waals surface area contributed by atoms with Crippen LogP contribution in [0.15, 0.2) is 78.9 Å². The first-order valence-electron chi connectivity index (χ1n) is 8.27. The maximum Gasteiger partial charge on any atom is 0.246 e. The molecule has 0 aliphatic heterocycles. The number of benzene rings is 3. The Kier molecular flexibility index (Phi) is 5.49. The monoisotopic (exact) mass is 350 g/mol. The molecule has 0 aromatic heterocycles. The van der Waals surface area contributed by atoms with E-state index in [0.717, 1.165) is 11.4 Å². The maximum atomic E-state index is 13.6. The number of nitrogens with one attached hydrogen (secondary N) is 2. The first kappa shape index (κ1) is 17.5. The van der Waals surface area contributed by atoms with Crippen molar-refractivity contribution >= 4 is 17.3 Å². The third-order valence-corrected chi connectivity index (χ3v) is 3.74. The fourth-order valence-corrected chi connectivity index (χ4v) is 2.36. The zero-order valence-electron chi connectivity index (χ0n) is 14.3. The summed E-state index contributed by atoms with van der Waals surface area (Å²) < 4.78 is 19.3. The highest BCUT2D eigenvalue weighted by Gasteiger charge is 2.14. The van der Waals surface area contributed by atoms with Gasteiger partial charge in [-0.1, -0.05) is 30.3 Å². The molecule has 0 aliphatic rings. The van der Waals surface area contributed by atoms with Crippen molar-refractivity contribution in [2.45, 2.75) is 13.0 Å². The topological polar surface area (TPSA) is 50.4 Å². The van der Waals surface area contributed by atoms with Crippen LogP contribution in [-0.2, 0) is 4.79 Å². The molecule has 3 aromatic carbocycles. The molecule has 1 amide bonds. The molecule has 0 aliphatic carbocycles. The summed E-state index contributed by atoms with van der Waals surface area (Å²) in [5, 5.41) is 5.66. The van der Waals surface area contributed by atoms with Crippen molar-refractivity contribution < 1.29 is 13.9 Å². The van der Waals surface area contributed by atoms with Gasteiger partial charge in [-0.15, -0.1) is 0 Å². The molecule has 26 heavy (non-hydrogen) atoms. The number of hydrogen-bond donors (Lipinski definition) is 2. The fourth-order valence-electron chi connectivity index (χ4n) is 2.36. The van der Waals surface area contributed by atoms with Crippen LogP contribution < -0.4 is 15.4 Å². The van der Waals surface area contributed by atoms with Crippen molar-refractivity contribution in [3.8, 4) is 11.5 Å². The Labute approximate surface area is 151 Å². The van der Waals surface area contributed by atoms with Crippen LogP contribution in [0.4, 0.5) is 15.8 Å². The Bertz CT molecular complexity index is 867. The molecule has 3 aromatic rings. The number of anilines is 2. The second-order valence-electron chi connectivity index (χ2n) is 5.77. The Hall–Kier alpha value is -3.34. The minimum Gasteiger partial charge on any atom is -0.457 e. The lowest BCUT2D eigenvalue weighted by atomic mass is 10.2. The second kappa shape index (κ2) is 8.16. The van der Waals surface area contributed by atoms with Gasteiger partial charge in [-0.25, -0.2) is 4.39 Å². The summed E-state index contributed by atoms with van der Waals surface area (Å²) in [6.07, 6.45) is 0. The van der Waals surface area contributed by atoms with Crippen LogP contribution >= 0.6 is 0 Å². The van der Waals surface area contributed by atoms with Crippen LogP contribution in [0.1, 0.15) is 6.92 Å². The van der Waals surface area contributed by atoms with Gasteiger partial charge in [-0.3, -0.25) is 4.79 Å². The van der Waals surface area contributed by atoms with Crippen LogP contribution in [0, 0.1) is 5.82 Å². The van der Waals surface area contributed by atoms with Crippen LogP contribution in [0.5, 0.6) is 11.5 Å². The molecule has 0 saturated heterocycles. The molecule has 132 valence electrons. The first-order chi connectivity index (χ1) is 12.6. The summed E-state index contributed by atoms with van der Waals surface area (Å²) in [6.45, 7) is 1.71. The van der Waals surface area contributed by atoms with E-state index in [1.807, 2.05) is 54.6 Å². The highest BCUT2D eigenvalue weighted by atomic mass is 19.1. The van der Waals surface area contributed by atoms with E-state index in [9.17, 15) is 9.18 Å². The molecule has 0 radical (unpaired) electrons. The van der Waals surface area contributed by atoms with E-state index in [-0.39, 0.29) is 11.6 Å². The molecular formula is C21H19FN2O2. The van der Waals surface area contributed by atoms with E-state index < -0.39 is 11.9 Å². The van der Waals surface area contributed by atoms with Crippen molar-refractivity contribution in [1.29, 1.82) is 0 Å². The van der Waals surface area contributed by atoms with Gasteiger partial charge < -0.3 is 15.4 Å². The van der Waals surface area contributed by atoms with Crippen molar-refractivity contribution in [3.63, 3.8) is 0 Å². The van der Waals surface area contributed by atoms with Crippen LogP contribution in [0.3, 0.4) is 0 Å². The van der Waals surface area contributed by atoms with E-state index in [1.165, 1.54) is 12.1 Å². The van der Waals surface area contributed by atoms with E-state index >= 15 is 0 Å². The number of para-hydroxylation sites is 2. The number of rotatable bonds is 6. The third kappa shape index (κ3) is 4.60. The molecule has 0 heterocycles. The van der Waals surface area contributed by atoms with Gasteiger partial charge in [0.25, 0.3) is 0 Å². The Morgan fingerprint density at radius 1 is 0.885 bits per heavy atom. The normalized spacial score (nSPS) is 11.5. The van der Waals surface area contributed by atoms with Gasteiger partial charge >= 0.3 is 0 Å². The number of carbonyl (C=O) groups excluding carboxylic acids is 1. The number of halogens is 1. The number of hydrogen-bond acceptors (Lipinski definition) is 3. The summed E-state index contributed by atoms with van der Waals surface area (Å²) in [4.78, 5) is 12.2. The lowest BCUT2D eigenvalue weighted by molar-refractivity contribution is -0.116. The predicted octanol–water partition coefficient (Wildman–Crippen LogP) is 5.06. The smallest absolute Gasteiger partial charge is 0.246 e. The van der Waals surface area contributed by atoms with Crippen molar-refractivity contribution in [3.05, 3.63) is 84.7 Å². The van der Waals surface area contributed by atoms with Gasteiger partial charge in [0.2, 0.25) is 5.91 Å². The van der Waals surface area contributed by atoms with E-state index in [0.29, 0.717) is 5.75 Å². The molecule has 0 bridgehead atoms. The molecule has 1 atom stereocenters. The lowest BCUT2D eigenvalue weighted by Gasteiger charge is -2.16. The van der Waals surface area contributed by atoms with Gasteiger partial charge in [0, 0.05) is 5.69 Å². The fraction of sp³-hybridized carbons (Fsp3) is 0.0952. The molecule has 3 rings (SSSR count). The largest absolute Gasteiger partial charge is 0.457 e.